The van der Waals surface area contributed by atoms with E-state index in [4.69, 9.17) is 24.7 Å². The van der Waals surface area contributed by atoms with Crippen LogP contribution in [0.5, 0.6) is 23.0 Å². The first-order valence-corrected chi connectivity index (χ1v) is 7.79. The van der Waals surface area contributed by atoms with Crippen LogP contribution in [0, 0.1) is 0 Å². The second-order valence-corrected chi connectivity index (χ2v) is 5.53. The van der Waals surface area contributed by atoms with Gasteiger partial charge in [-0.3, -0.25) is 0 Å². The van der Waals surface area contributed by atoms with E-state index in [0.717, 1.165) is 22.3 Å². The molecule has 0 amide bonds. The van der Waals surface area contributed by atoms with Gasteiger partial charge in [-0.1, -0.05) is 18.2 Å². The number of methoxy groups -OCH3 is 4. The summed E-state index contributed by atoms with van der Waals surface area (Å²) in [5.74, 6) is 2.47. The molecule has 1 aromatic carbocycles. The van der Waals surface area contributed by atoms with Crippen LogP contribution in [0.2, 0.25) is 0 Å². The van der Waals surface area contributed by atoms with Gasteiger partial charge in [-0.15, -0.1) is 0 Å². The molecule has 0 heterocycles. The molecular weight excluding hydrogens is 318 g/mol. The van der Waals surface area contributed by atoms with Gasteiger partial charge in [0.2, 0.25) is 5.75 Å². The van der Waals surface area contributed by atoms with E-state index in [1.54, 1.807) is 28.4 Å². The van der Waals surface area contributed by atoms with Crippen molar-refractivity contribution in [2.45, 2.75) is 0 Å². The fourth-order valence-corrected chi connectivity index (χ4v) is 2.95. The molecule has 25 heavy (non-hydrogen) atoms. The molecule has 1 aromatic rings. The summed E-state index contributed by atoms with van der Waals surface area (Å²) in [6, 6.07) is 13.8. The third-order valence-electron chi connectivity index (χ3n) is 4.22. The van der Waals surface area contributed by atoms with Gasteiger partial charge in [0.05, 0.1) is 34.1 Å². The molecule has 2 aliphatic rings. The van der Waals surface area contributed by atoms with Crippen molar-refractivity contribution in [3.8, 4) is 45.3 Å². The van der Waals surface area contributed by atoms with Gasteiger partial charge in [-0.05, 0) is 41.0 Å². The molecule has 0 aromatic heterocycles. The molecule has 2 aliphatic carbocycles. The van der Waals surface area contributed by atoms with Crippen LogP contribution in [-0.4, -0.2) is 28.4 Å². The van der Waals surface area contributed by atoms with Crippen molar-refractivity contribution in [2.24, 2.45) is 0 Å². The predicted octanol–water partition coefficient (Wildman–Crippen LogP) is 4.08. The third-order valence-corrected chi connectivity index (χ3v) is 4.22. The second kappa shape index (κ2) is 6.81. The van der Waals surface area contributed by atoms with Crippen molar-refractivity contribution >= 4 is 5.69 Å². The topological polar surface area (TPSA) is 62.9 Å². The minimum absolute atomic E-state index is 0.568. The summed E-state index contributed by atoms with van der Waals surface area (Å²) in [5.41, 5.74) is 10.7. The number of hydrogen-bond acceptors (Lipinski definition) is 5. The summed E-state index contributed by atoms with van der Waals surface area (Å²) >= 11 is 0. The van der Waals surface area contributed by atoms with E-state index in [9.17, 15) is 0 Å². The van der Waals surface area contributed by atoms with Crippen LogP contribution in [-0.2, 0) is 0 Å². The predicted molar refractivity (Wildman–Crippen MR) is 99.1 cm³/mol. The number of hydrogen-bond donors (Lipinski definition) is 1. The largest absolute Gasteiger partial charge is 0.495 e. The standard InChI is InChI=1S/C20H21NO4/c1-22-16-11-14-8-12(6-5-7-15(14)19(16)21)13-9-17(23-2)20(25-4)18(10-13)24-3/h5-11H,21H2,1-4H3. The number of anilines is 1. The maximum atomic E-state index is 6.14. The summed E-state index contributed by atoms with van der Waals surface area (Å²) in [6.45, 7) is 0. The van der Waals surface area contributed by atoms with Gasteiger partial charge in [-0.2, -0.15) is 0 Å². The first-order valence-electron chi connectivity index (χ1n) is 7.79. The number of benzene rings is 1. The van der Waals surface area contributed by atoms with Crippen LogP contribution in [0.4, 0.5) is 5.69 Å². The van der Waals surface area contributed by atoms with Crippen molar-refractivity contribution in [1.29, 1.82) is 0 Å². The number of nitrogens with two attached hydrogens (primary N) is 1. The van der Waals surface area contributed by atoms with Crippen LogP contribution >= 0.6 is 0 Å². The van der Waals surface area contributed by atoms with E-state index in [0.29, 0.717) is 28.7 Å². The van der Waals surface area contributed by atoms with Gasteiger partial charge >= 0.3 is 0 Å². The quantitative estimate of drug-likeness (QED) is 0.759. The Balaban J connectivity index is 2.18. The molecule has 0 atom stereocenters. The van der Waals surface area contributed by atoms with Gasteiger partial charge in [0.15, 0.2) is 11.5 Å². The van der Waals surface area contributed by atoms with Crippen molar-refractivity contribution < 1.29 is 18.9 Å². The van der Waals surface area contributed by atoms with E-state index < -0.39 is 0 Å². The summed E-state index contributed by atoms with van der Waals surface area (Å²) in [4.78, 5) is 0. The third kappa shape index (κ3) is 2.89. The maximum absolute atomic E-state index is 6.14. The molecular formula is C20H21NO4. The van der Waals surface area contributed by atoms with Gasteiger partial charge in [0.1, 0.15) is 5.75 Å². The first kappa shape index (κ1) is 16.8. The average Bonchev–Trinajstić information content (AvgIpc) is 2.82. The molecule has 0 spiro atoms. The summed E-state index contributed by atoms with van der Waals surface area (Å²) < 4.78 is 21.6. The molecule has 0 unspecified atom stereocenters. The van der Waals surface area contributed by atoms with Crippen LogP contribution in [0.3, 0.4) is 0 Å². The zero-order chi connectivity index (χ0) is 18.0. The highest BCUT2D eigenvalue weighted by Gasteiger charge is 2.16. The van der Waals surface area contributed by atoms with Gasteiger partial charge in [-0.25, -0.2) is 0 Å². The lowest BCUT2D eigenvalue weighted by molar-refractivity contribution is 0.324. The monoisotopic (exact) mass is 339 g/mol. The lowest BCUT2D eigenvalue weighted by Crippen LogP contribution is -1.95. The Morgan fingerprint density at radius 2 is 1.24 bits per heavy atom. The lowest BCUT2D eigenvalue weighted by atomic mass is 10.0. The number of ether oxygens (including phenoxy) is 4. The Hall–Kier alpha value is -3.08. The number of nitrogen functional groups attached to an aromatic ring is 1. The normalized spacial score (nSPS) is 10.6. The Kier molecular flexibility index (Phi) is 4.57. The molecule has 0 saturated carbocycles. The Morgan fingerprint density at radius 1 is 0.640 bits per heavy atom. The first-order chi connectivity index (χ1) is 12.1. The Bertz CT molecular complexity index is 851. The average molecular weight is 339 g/mol. The minimum Gasteiger partial charge on any atom is -0.495 e. The molecule has 2 N–H and O–H groups in total. The van der Waals surface area contributed by atoms with Crippen molar-refractivity contribution in [1.82, 2.24) is 0 Å². The highest BCUT2D eigenvalue weighted by Crippen LogP contribution is 2.43. The van der Waals surface area contributed by atoms with Gasteiger partial charge < -0.3 is 24.7 Å². The van der Waals surface area contributed by atoms with Gasteiger partial charge in [0.25, 0.3) is 0 Å². The molecule has 5 heteroatoms. The highest BCUT2D eigenvalue weighted by atomic mass is 16.5. The molecule has 0 bridgehead atoms. The fraction of sp³-hybridized carbons (Fsp3) is 0.200. The van der Waals surface area contributed by atoms with E-state index in [-0.39, 0.29) is 0 Å². The van der Waals surface area contributed by atoms with Crippen molar-refractivity contribution in [3.63, 3.8) is 0 Å². The maximum Gasteiger partial charge on any atom is 0.203 e. The molecule has 0 radical (unpaired) electrons. The van der Waals surface area contributed by atoms with Gasteiger partial charge in [0, 0.05) is 5.56 Å². The van der Waals surface area contributed by atoms with Crippen molar-refractivity contribution in [2.75, 3.05) is 34.2 Å². The number of fused-ring (bicyclic) bond motifs is 1. The van der Waals surface area contributed by atoms with Crippen LogP contribution in [0.1, 0.15) is 0 Å². The lowest BCUT2D eigenvalue weighted by Gasteiger charge is -2.14. The Morgan fingerprint density at radius 3 is 1.80 bits per heavy atom. The van der Waals surface area contributed by atoms with E-state index in [1.807, 2.05) is 36.4 Å². The fourth-order valence-electron chi connectivity index (χ4n) is 2.95. The zero-order valence-corrected chi connectivity index (χ0v) is 14.8. The summed E-state index contributed by atoms with van der Waals surface area (Å²) in [5, 5.41) is 0. The molecule has 3 rings (SSSR count). The molecule has 0 aliphatic heterocycles. The zero-order valence-electron chi connectivity index (χ0n) is 14.8. The second-order valence-electron chi connectivity index (χ2n) is 5.53. The van der Waals surface area contributed by atoms with Crippen LogP contribution in [0.15, 0.2) is 42.5 Å². The van der Waals surface area contributed by atoms with E-state index >= 15 is 0 Å². The Labute approximate surface area is 147 Å². The van der Waals surface area contributed by atoms with Crippen LogP contribution in [0.25, 0.3) is 22.3 Å². The summed E-state index contributed by atoms with van der Waals surface area (Å²) in [6.07, 6.45) is 0. The SMILES string of the molecule is COc1cc2cc(-c3cc(OC)c(OC)c(OC)c3)cccc-2c1N. The molecule has 5 nitrogen and oxygen atoms in total. The molecule has 0 saturated heterocycles. The van der Waals surface area contributed by atoms with E-state index in [1.165, 1.54) is 0 Å². The van der Waals surface area contributed by atoms with E-state index in [2.05, 4.69) is 6.07 Å². The van der Waals surface area contributed by atoms with Crippen molar-refractivity contribution in [3.05, 3.63) is 42.5 Å². The highest BCUT2D eigenvalue weighted by molar-refractivity contribution is 5.88. The molecule has 0 fully saturated rings. The summed E-state index contributed by atoms with van der Waals surface area (Å²) in [7, 11) is 6.41. The number of rotatable bonds is 5. The molecule has 130 valence electrons. The smallest absolute Gasteiger partial charge is 0.203 e. The van der Waals surface area contributed by atoms with Crippen LogP contribution < -0.4 is 24.7 Å². The minimum atomic E-state index is 0.568.